The molecule has 1 unspecified atom stereocenters. The van der Waals surface area contributed by atoms with Gasteiger partial charge < -0.3 is 9.84 Å². The maximum absolute atomic E-state index is 12.9. The van der Waals surface area contributed by atoms with Gasteiger partial charge in [0.05, 0.1) is 23.4 Å². The molecular weight excluding hydrogens is 330 g/mol. The maximum atomic E-state index is 12.9. The molecule has 1 heterocycles. The molecule has 136 valence electrons. The van der Waals surface area contributed by atoms with Crippen molar-refractivity contribution in [2.75, 3.05) is 4.90 Å². The molecule has 3 rings (SSSR count). The smallest absolute Gasteiger partial charge is 0.339 e. The Labute approximate surface area is 153 Å². The molecule has 0 saturated carbocycles. The standard InChI is InChI=1S/C21H23NO4/c1-5-14-6-8-18-16(10-14)13(4)20(23)22(18)15-7-9-19(26-12(2)3)17(11-15)21(24)25/h6-13H,5H2,1-4H3,(H,24,25). The molecule has 0 aliphatic carbocycles. The van der Waals surface area contributed by atoms with E-state index in [0.29, 0.717) is 11.4 Å². The first-order chi connectivity index (χ1) is 12.3. The van der Waals surface area contributed by atoms with Crippen LogP contribution in [0.1, 0.15) is 55.1 Å². The SMILES string of the molecule is CCc1ccc2c(c1)C(C)C(=O)N2c1ccc(OC(C)C)c(C(=O)O)c1. The lowest BCUT2D eigenvalue weighted by Crippen LogP contribution is -2.23. The highest BCUT2D eigenvalue weighted by molar-refractivity contribution is 6.10. The van der Waals surface area contributed by atoms with Gasteiger partial charge in [0.15, 0.2) is 0 Å². The van der Waals surface area contributed by atoms with Crippen LogP contribution in [0.25, 0.3) is 0 Å². The fourth-order valence-electron chi connectivity index (χ4n) is 3.27. The molecule has 5 heteroatoms. The number of rotatable bonds is 5. The van der Waals surface area contributed by atoms with Gasteiger partial charge in [0.1, 0.15) is 11.3 Å². The Hall–Kier alpha value is -2.82. The van der Waals surface area contributed by atoms with Crippen LogP contribution in [-0.2, 0) is 11.2 Å². The van der Waals surface area contributed by atoms with Crippen LogP contribution >= 0.6 is 0 Å². The maximum Gasteiger partial charge on any atom is 0.339 e. The van der Waals surface area contributed by atoms with Crippen LogP contribution < -0.4 is 9.64 Å². The zero-order chi connectivity index (χ0) is 19.0. The molecule has 1 N–H and O–H groups in total. The van der Waals surface area contributed by atoms with E-state index in [9.17, 15) is 14.7 Å². The van der Waals surface area contributed by atoms with Crippen LogP contribution in [0.15, 0.2) is 36.4 Å². The number of nitrogens with zero attached hydrogens (tertiary/aromatic N) is 1. The summed E-state index contributed by atoms with van der Waals surface area (Å²) >= 11 is 0. The summed E-state index contributed by atoms with van der Waals surface area (Å²) in [7, 11) is 0. The van der Waals surface area contributed by atoms with Crippen molar-refractivity contribution < 1.29 is 19.4 Å². The number of hydrogen-bond acceptors (Lipinski definition) is 3. The van der Waals surface area contributed by atoms with Crippen molar-refractivity contribution in [1.82, 2.24) is 0 Å². The fourth-order valence-corrected chi connectivity index (χ4v) is 3.27. The predicted octanol–water partition coefficient (Wildman–Crippen LogP) is 4.52. The Kier molecular flexibility index (Phi) is 4.72. The van der Waals surface area contributed by atoms with Crippen molar-refractivity contribution in [3.63, 3.8) is 0 Å². The van der Waals surface area contributed by atoms with E-state index in [4.69, 9.17) is 4.74 Å². The van der Waals surface area contributed by atoms with E-state index >= 15 is 0 Å². The summed E-state index contributed by atoms with van der Waals surface area (Å²) < 4.78 is 5.59. The van der Waals surface area contributed by atoms with Crippen molar-refractivity contribution in [3.05, 3.63) is 53.1 Å². The van der Waals surface area contributed by atoms with Crippen LogP contribution in [0.5, 0.6) is 5.75 Å². The molecular formula is C21H23NO4. The predicted molar refractivity (Wildman–Crippen MR) is 101 cm³/mol. The molecule has 0 aromatic heterocycles. The van der Waals surface area contributed by atoms with E-state index in [1.165, 1.54) is 11.6 Å². The summed E-state index contributed by atoms with van der Waals surface area (Å²) in [6.45, 7) is 7.64. The van der Waals surface area contributed by atoms with Gasteiger partial charge in [0, 0.05) is 0 Å². The van der Waals surface area contributed by atoms with Gasteiger partial charge in [-0.2, -0.15) is 0 Å². The second kappa shape index (κ2) is 6.83. The Balaban J connectivity index is 2.08. The fraction of sp³-hybridized carbons (Fsp3) is 0.333. The molecule has 26 heavy (non-hydrogen) atoms. The highest BCUT2D eigenvalue weighted by Crippen LogP contribution is 2.43. The molecule has 2 aromatic carbocycles. The number of aryl methyl sites for hydroxylation is 1. The average molecular weight is 353 g/mol. The van der Waals surface area contributed by atoms with Gasteiger partial charge in [0.25, 0.3) is 0 Å². The summed E-state index contributed by atoms with van der Waals surface area (Å²) in [5.41, 5.74) is 3.56. The minimum atomic E-state index is -1.08. The summed E-state index contributed by atoms with van der Waals surface area (Å²) in [5, 5.41) is 9.54. The third-order valence-electron chi connectivity index (χ3n) is 4.61. The Morgan fingerprint density at radius 3 is 2.58 bits per heavy atom. The molecule has 0 spiro atoms. The van der Waals surface area contributed by atoms with Crippen LogP contribution in [0.3, 0.4) is 0 Å². The minimum absolute atomic E-state index is 0.0512. The number of anilines is 2. The van der Waals surface area contributed by atoms with Gasteiger partial charge in [-0.25, -0.2) is 4.79 Å². The average Bonchev–Trinajstić information content (AvgIpc) is 2.85. The van der Waals surface area contributed by atoms with Gasteiger partial charge in [-0.15, -0.1) is 0 Å². The lowest BCUT2D eigenvalue weighted by Gasteiger charge is -2.20. The Bertz CT molecular complexity index is 872. The molecule has 0 saturated heterocycles. The number of amides is 1. The number of carboxylic acid groups (broad SMARTS) is 1. The number of benzene rings is 2. The van der Waals surface area contributed by atoms with E-state index in [1.807, 2.05) is 32.9 Å². The van der Waals surface area contributed by atoms with Gasteiger partial charge in [0.2, 0.25) is 5.91 Å². The third-order valence-corrected chi connectivity index (χ3v) is 4.61. The number of fused-ring (bicyclic) bond motifs is 1. The molecule has 1 amide bonds. The summed E-state index contributed by atoms with van der Waals surface area (Å²) in [4.78, 5) is 26.1. The van der Waals surface area contributed by atoms with Crippen molar-refractivity contribution in [3.8, 4) is 5.75 Å². The van der Waals surface area contributed by atoms with Crippen LogP contribution in [-0.4, -0.2) is 23.1 Å². The zero-order valence-electron chi connectivity index (χ0n) is 15.4. The van der Waals surface area contributed by atoms with Gasteiger partial charge in [-0.3, -0.25) is 9.69 Å². The van der Waals surface area contributed by atoms with Crippen LogP contribution in [0.2, 0.25) is 0 Å². The van der Waals surface area contributed by atoms with Gasteiger partial charge in [-0.1, -0.05) is 19.1 Å². The second-order valence-electron chi connectivity index (χ2n) is 6.79. The Morgan fingerprint density at radius 1 is 1.23 bits per heavy atom. The van der Waals surface area contributed by atoms with Crippen molar-refractivity contribution in [1.29, 1.82) is 0 Å². The van der Waals surface area contributed by atoms with Gasteiger partial charge in [-0.05, 0) is 62.6 Å². The topological polar surface area (TPSA) is 66.8 Å². The number of ether oxygens (including phenoxy) is 1. The number of carboxylic acids is 1. The van der Waals surface area contributed by atoms with E-state index in [2.05, 4.69) is 13.0 Å². The molecule has 1 aliphatic rings. The largest absolute Gasteiger partial charge is 0.490 e. The van der Waals surface area contributed by atoms with E-state index < -0.39 is 5.97 Å². The second-order valence-corrected chi connectivity index (χ2v) is 6.79. The molecule has 1 atom stereocenters. The summed E-state index contributed by atoms with van der Waals surface area (Å²) in [6.07, 6.45) is 0.763. The van der Waals surface area contributed by atoms with Crippen LogP contribution in [0.4, 0.5) is 11.4 Å². The molecule has 0 bridgehead atoms. The number of carbonyl (C=O) groups is 2. The van der Waals surface area contributed by atoms with Crippen molar-refractivity contribution in [2.24, 2.45) is 0 Å². The molecule has 5 nitrogen and oxygen atoms in total. The lowest BCUT2D eigenvalue weighted by molar-refractivity contribution is -0.118. The first-order valence-corrected chi connectivity index (χ1v) is 8.84. The molecule has 0 radical (unpaired) electrons. The summed E-state index contributed by atoms with van der Waals surface area (Å²) in [5.74, 6) is -1.08. The molecule has 1 aliphatic heterocycles. The first kappa shape index (κ1) is 18.0. The lowest BCUT2D eigenvalue weighted by atomic mass is 10.00. The normalized spacial score (nSPS) is 16.1. The summed E-state index contributed by atoms with van der Waals surface area (Å²) in [6, 6.07) is 10.9. The first-order valence-electron chi connectivity index (χ1n) is 8.84. The molecule has 2 aromatic rings. The third kappa shape index (κ3) is 3.05. The van der Waals surface area contributed by atoms with E-state index in [1.54, 1.807) is 17.0 Å². The monoisotopic (exact) mass is 353 g/mol. The number of aromatic carboxylic acids is 1. The number of carbonyl (C=O) groups excluding carboxylic acids is 1. The van der Waals surface area contributed by atoms with Crippen LogP contribution in [0, 0.1) is 0 Å². The Morgan fingerprint density at radius 2 is 1.96 bits per heavy atom. The minimum Gasteiger partial charge on any atom is -0.490 e. The quantitative estimate of drug-likeness (QED) is 0.858. The zero-order valence-corrected chi connectivity index (χ0v) is 15.4. The van der Waals surface area contributed by atoms with Crippen molar-refractivity contribution in [2.45, 2.75) is 46.1 Å². The highest BCUT2D eigenvalue weighted by atomic mass is 16.5. The number of hydrogen-bond donors (Lipinski definition) is 1. The highest BCUT2D eigenvalue weighted by Gasteiger charge is 2.35. The van der Waals surface area contributed by atoms with Crippen molar-refractivity contribution >= 4 is 23.3 Å². The van der Waals surface area contributed by atoms with E-state index in [-0.39, 0.29) is 23.5 Å². The van der Waals surface area contributed by atoms with Gasteiger partial charge >= 0.3 is 5.97 Å². The van der Waals surface area contributed by atoms with E-state index in [0.717, 1.165) is 17.7 Å². The molecule has 0 fully saturated rings.